The summed E-state index contributed by atoms with van der Waals surface area (Å²) in [6, 6.07) is 10.4. The number of unbranched alkanes of at least 4 members (excludes halogenated alkanes) is 13. The summed E-state index contributed by atoms with van der Waals surface area (Å²) in [6.07, 6.45) is 22.9. The van der Waals surface area contributed by atoms with Gasteiger partial charge in [0.05, 0.1) is 19.3 Å². The summed E-state index contributed by atoms with van der Waals surface area (Å²) >= 11 is 0. The summed E-state index contributed by atoms with van der Waals surface area (Å²) in [5.41, 5.74) is 1.23. The average molecular weight is 511 g/mol. The van der Waals surface area contributed by atoms with Crippen molar-refractivity contribution in [1.29, 1.82) is 0 Å². The van der Waals surface area contributed by atoms with Crippen LogP contribution in [0.3, 0.4) is 0 Å². The van der Waals surface area contributed by atoms with E-state index in [0.717, 1.165) is 25.2 Å². The van der Waals surface area contributed by atoms with Crippen molar-refractivity contribution in [2.24, 2.45) is 0 Å². The number of ether oxygens (including phenoxy) is 2. The Hall–Kier alpha value is -0.710. The molecule has 3 nitrogen and oxygen atoms in total. The molecule has 0 saturated carbocycles. The van der Waals surface area contributed by atoms with Crippen molar-refractivity contribution in [1.82, 2.24) is 0 Å². The zero-order chi connectivity index (χ0) is 25.8. The Morgan fingerprint density at radius 1 is 0.714 bits per heavy atom. The van der Waals surface area contributed by atoms with Crippen molar-refractivity contribution in [2.75, 3.05) is 25.2 Å². The zero-order valence-electron chi connectivity index (χ0n) is 23.7. The first-order chi connectivity index (χ1) is 17.1. The smallest absolute Gasteiger partial charge is 0.0810 e. The van der Waals surface area contributed by atoms with Gasteiger partial charge < -0.3 is 9.47 Å². The molecule has 0 aliphatic rings. The molecule has 2 atom stereocenters. The molecule has 1 aromatic rings. The highest BCUT2D eigenvalue weighted by Crippen LogP contribution is 2.13. The van der Waals surface area contributed by atoms with Gasteiger partial charge in [0, 0.05) is 29.4 Å². The highest BCUT2D eigenvalue weighted by atomic mass is 32.2. The molecule has 35 heavy (non-hydrogen) atoms. The molecule has 1 aromatic carbocycles. The molecule has 0 saturated heterocycles. The maximum absolute atomic E-state index is 11.0. The quantitative estimate of drug-likeness (QED) is 0.138. The second-order valence-electron chi connectivity index (χ2n) is 9.84. The molecule has 206 valence electrons. The largest absolute Gasteiger partial charge is 0.379 e. The van der Waals surface area contributed by atoms with Crippen molar-refractivity contribution in [3.05, 3.63) is 35.9 Å². The van der Waals surface area contributed by atoms with Crippen molar-refractivity contribution >= 4 is 10.8 Å². The van der Waals surface area contributed by atoms with Crippen molar-refractivity contribution < 1.29 is 13.7 Å². The third-order valence-corrected chi connectivity index (χ3v) is 6.92. The van der Waals surface area contributed by atoms with Crippen LogP contribution in [0.2, 0.25) is 0 Å². The first-order valence-corrected chi connectivity index (χ1v) is 16.4. The molecule has 2 unspecified atom stereocenters. The van der Waals surface area contributed by atoms with Gasteiger partial charge in [0.2, 0.25) is 0 Å². The van der Waals surface area contributed by atoms with Crippen molar-refractivity contribution in [3.8, 4) is 0 Å². The molecule has 0 heterocycles. The minimum Gasteiger partial charge on any atom is -0.379 e. The molecular weight excluding hydrogens is 452 g/mol. The zero-order valence-corrected chi connectivity index (χ0v) is 24.6. The topological polar surface area (TPSA) is 35.5 Å². The van der Waals surface area contributed by atoms with Crippen LogP contribution in [-0.4, -0.2) is 35.5 Å². The molecule has 0 aromatic heterocycles. The van der Waals surface area contributed by atoms with Crippen LogP contribution in [0.25, 0.3) is 0 Å². The van der Waals surface area contributed by atoms with E-state index in [4.69, 9.17) is 9.47 Å². The van der Waals surface area contributed by atoms with Crippen LogP contribution in [0.1, 0.15) is 129 Å². The number of hydrogen-bond donors (Lipinski definition) is 0. The fourth-order valence-corrected chi connectivity index (χ4v) is 4.53. The van der Waals surface area contributed by atoms with Crippen molar-refractivity contribution in [3.63, 3.8) is 0 Å². The van der Waals surface area contributed by atoms with E-state index in [1.807, 2.05) is 12.3 Å². The SMILES string of the molecule is CCC.CCC(COCCCCCCCCCCCCCCCCS(C)=O)OCc1ccccc1. The summed E-state index contributed by atoms with van der Waals surface area (Å²) in [5.74, 6) is 0.885. The van der Waals surface area contributed by atoms with Gasteiger partial charge in [-0.2, -0.15) is 0 Å². The molecule has 0 aliphatic heterocycles. The molecule has 0 radical (unpaired) electrons. The lowest BCUT2D eigenvalue weighted by Crippen LogP contribution is -2.19. The number of rotatable bonds is 23. The van der Waals surface area contributed by atoms with Crippen LogP contribution < -0.4 is 0 Å². The minimum absolute atomic E-state index is 0.197. The molecule has 0 fully saturated rings. The first kappa shape index (κ1) is 34.3. The minimum atomic E-state index is -0.603. The average Bonchev–Trinajstić information content (AvgIpc) is 2.86. The van der Waals surface area contributed by atoms with Gasteiger partial charge in [0.25, 0.3) is 0 Å². The molecule has 1 rings (SSSR count). The molecule has 0 aliphatic carbocycles. The van der Waals surface area contributed by atoms with E-state index in [1.165, 1.54) is 95.5 Å². The van der Waals surface area contributed by atoms with E-state index in [2.05, 4.69) is 45.0 Å². The van der Waals surface area contributed by atoms with E-state index < -0.39 is 10.8 Å². The van der Waals surface area contributed by atoms with E-state index in [1.54, 1.807) is 0 Å². The summed E-state index contributed by atoms with van der Waals surface area (Å²) in [5, 5.41) is 0. The molecule has 4 heteroatoms. The molecule has 0 bridgehead atoms. The fourth-order valence-electron chi connectivity index (χ4n) is 3.92. The monoisotopic (exact) mass is 510 g/mol. The van der Waals surface area contributed by atoms with Crippen LogP contribution >= 0.6 is 0 Å². The van der Waals surface area contributed by atoms with Gasteiger partial charge in [0.15, 0.2) is 0 Å². The van der Waals surface area contributed by atoms with Crippen molar-refractivity contribution in [2.45, 2.75) is 136 Å². The third kappa shape index (κ3) is 26.2. The number of hydrogen-bond acceptors (Lipinski definition) is 3. The normalized spacial score (nSPS) is 12.7. The summed E-state index contributed by atoms with van der Waals surface area (Å²) in [6.45, 7) is 8.66. The second kappa shape index (κ2) is 27.9. The highest BCUT2D eigenvalue weighted by Gasteiger charge is 2.07. The van der Waals surface area contributed by atoms with Gasteiger partial charge in [-0.15, -0.1) is 0 Å². The molecule has 0 N–H and O–H groups in total. The van der Waals surface area contributed by atoms with E-state index in [9.17, 15) is 4.21 Å². The predicted molar refractivity (Wildman–Crippen MR) is 156 cm³/mol. The maximum Gasteiger partial charge on any atom is 0.0810 e. The van der Waals surface area contributed by atoms with Gasteiger partial charge in [-0.25, -0.2) is 0 Å². The van der Waals surface area contributed by atoms with Crippen LogP contribution in [0.4, 0.5) is 0 Å². The molecular formula is C31H58O3S. The Morgan fingerprint density at radius 2 is 1.17 bits per heavy atom. The van der Waals surface area contributed by atoms with Gasteiger partial charge in [-0.05, 0) is 24.8 Å². The summed E-state index contributed by atoms with van der Waals surface area (Å²) in [4.78, 5) is 0. The second-order valence-corrected chi connectivity index (χ2v) is 11.4. The van der Waals surface area contributed by atoms with Gasteiger partial charge in [-0.3, -0.25) is 4.21 Å². The standard InChI is InChI=1S/C28H50O3S.C3H8/c1-3-28(31-25-27-21-17-16-18-22-27)26-30-23-19-14-12-10-8-6-4-5-7-9-11-13-15-20-24-32(2)29;1-3-2/h16-18,21-22,28H,3-15,19-20,23-26H2,1-2H3;3H2,1-2H3. The molecule has 0 amide bonds. The van der Waals surface area contributed by atoms with Gasteiger partial charge in [0.1, 0.15) is 0 Å². The van der Waals surface area contributed by atoms with E-state index in [-0.39, 0.29) is 6.10 Å². The van der Waals surface area contributed by atoms with Crippen LogP contribution in [0, 0.1) is 0 Å². The lowest BCUT2D eigenvalue weighted by atomic mass is 10.0. The van der Waals surface area contributed by atoms with Gasteiger partial charge >= 0.3 is 0 Å². The third-order valence-electron chi connectivity index (χ3n) is 6.06. The Bertz CT molecular complexity index is 549. The first-order valence-electron chi connectivity index (χ1n) is 14.7. The van der Waals surface area contributed by atoms with Crippen LogP contribution in [0.15, 0.2) is 30.3 Å². The maximum atomic E-state index is 11.0. The summed E-state index contributed by atoms with van der Waals surface area (Å²) in [7, 11) is -0.603. The summed E-state index contributed by atoms with van der Waals surface area (Å²) < 4.78 is 22.8. The van der Waals surface area contributed by atoms with Gasteiger partial charge in [-0.1, -0.05) is 135 Å². The Balaban J connectivity index is 0.00000365. The lowest BCUT2D eigenvalue weighted by Gasteiger charge is -2.16. The Labute approximate surface area is 221 Å². The Kier molecular flexibility index (Phi) is 27.3. The molecule has 0 spiro atoms. The highest BCUT2D eigenvalue weighted by molar-refractivity contribution is 7.84. The number of benzene rings is 1. The fraction of sp³-hybridized carbons (Fsp3) is 0.806. The Morgan fingerprint density at radius 3 is 1.63 bits per heavy atom. The van der Waals surface area contributed by atoms with E-state index in [0.29, 0.717) is 13.2 Å². The lowest BCUT2D eigenvalue weighted by molar-refractivity contribution is -0.0269. The van der Waals surface area contributed by atoms with Crippen LogP contribution in [-0.2, 0) is 26.9 Å². The van der Waals surface area contributed by atoms with Crippen LogP contribution in [0.5, 0.6) is 0 Å². The van der Waals surface area contributed by atoms with E-state index >= 15 is 0 Å². The predicted octanol–water partition coefficient (Wildman–Crippen LogP) is 9.25.